The lowest BCUT2D eigenvalue weighted by atomic mass is 10.0. The minimum atomic E-state index is -0.101. The number of hydrogen-bond acceptors (Lipinski definition) is 2. The lowest BCUT2D eigenvalue weighted by Gasteiger charge is -2.25. The molecule has 0 aliphatic heterocycles. The maximum atomic E-state index is 5.98. The molecular weight excluding hydrogens is 264 g/mol. The van der Waals surface area contributed by atoms with Gasteiger partial charge in [0, 0.05) is 29.3 Å². The molecule has 0 radical (unpaired) electrons. The zero-order valence-electron chi connectivity index (χ0n) is 10.5. The average Bonchev–Trinajstić information content (AvgIpc) is 2.17. The van der Waals surface area contributed by atoms with Crippen LogP contribution in [0.2, 0.25) is 0 Å². The van der Waals surface area contributed by atoms with Crippen molar-refractivity contribution in [1.29, 1.82) is 0 Å². The Bertz CT molecular complexity index is 355. The van der Waals surface area contributed by atoms with Crippen LogP contribution in [0, 0.1) is 6.92 Å². The molecule has 1 aromatic carbocycles. The maximum absolute atomic E-state index is 5.98. The highest BCUT2D eigenvalue weighted by atomic mass is 79.9. The highest BCUT2D eigenvalue weighted by Crippen LogP contribution is 2.23. The van der Waals surface area contributed by atoms with Crippen LogP contribution >= 0.6 is 15.9 Å². The summed E-state index contributed by atoms with van der Waals surface area (Å²) >= 11 is 3.55. The number of nitrogens with two attached hydrogens (primary N) is 1. The summed E-state index contributed by atoms with van der Waals surface area (Å²) in [5.41, 5.74) is 8.36. The van der Waals surface area contributed by atoms with Crippen LogP contribution in [0.25, 0.3) is 0 Å². The molecule has 0 aliphatic carbocycles. The van der Waals surface area contributed by atoms with Crippen molar-refractivity contribution in [3.8, 4) is 0 Å². The summed E-state index contributed by atoms with van der Waals surface area (Å²) in [6, 6.07) is 6.42. The number of aryl methyl sites for hydroxylation is 1. The van der Waals surface area contributed by atoms with Crippen LogP contribution in [0.4, 0.5) is 5.69 Å². The Morgan fingerprint density at radius 2 is 2.00 bits per heavy atom. The molecule has 0 heterocycles. The molecule has 0 spiro atoms. The topological polar surface area (TPSA) is 29.3 Å². The van der Waals surface area contributed by atoms with Crippen LogP contribution in [0.5, 0.6) is 0 Å². The van der Waals surface area contributed by atoms with E-state index in [1.54, 1.807) is 0 Å². The fourth-order valence-electron chi connectivity index (χ4n) is 1.40. The zero-order valence-corrected chi connectivity index (χ0v) is 12.1. The highest BCUT2D eigenvalue weighted by molar-refractivity contribution is 9.10. The van der Waals surface area contributed by atoms with Gasteiger partial charge in [-0.3, -0.25) is 0 Å². The summed E-state index contributed by atoms with van der Waals surface area (Å²) < 4.78 is 1.16. The molecule has 0 unspecified atom stereocenters. The molecule has 16 heavy (non-hydrogen) atoms. The Labute approximate surface area is 107 Å². The Morgan fingerprint density at radius 3 is 2.50 bits per heavy atom. The number of rotatable bonds is 4. The largest absolute Gasteiger partial charge is 0.374 e. The molecule has 0 aliphatic rings. The van der Waals surface area contributed by atoms with Gasteiger partial charge in [0.2, 0.25) is 0 Å². The summed E-state index contributed by atoms with van der Waals surface area (Å²) in [6.45, 7) is 7.19. The summed E-state index contributed by atoms with van der Waals surface area (Å²) in [6.07, 6.45) is 0.981. The first kappa shape index (κ1) is 13.5. The van der Waals surface area contributed by atoms with Crippen LogP contribution in [0.15, 0.2) is 22.7 Å². The third-order valence-electron chi connectivity index (χ3n) is 2.69. The maximum Gasteiger partial charge on any atom is 0.0375 e. The van der Waals surface area contributed by atoms with E-state index in [1.807, 2.05) is 0 Å². The summed E-state index contributed by atoms with van der Waals surface area (Å²) in [7, 11) is 2.10. The lowest BCUT2D eigenvalue weighted by Crippen LogP contribution is -2.36. The Hall–Kier alpha value is -0.540. The molecule has 2 nitrogen and oxygen atoms in total. The molecule has 0 bridgehead atoms. The fourth-order valence-corrected chi connectivity index (χ4v) is 1.77. The van der Waals surface area contributed by atoms with E-state index in [0.717, 1.165) is 17.4 Å². The van der Waals surface area contributed by atoms with Crippen molar-refractivity contribution in [2.75, 3.05) is 18.5 Å². The molecule has 0 amide bonds. The Morgan fingerprint density at radius 1 is 1.38 bits per heavy atom. The predicted molar refractivity (Wildman–Crippen MR) is 75.0 cm³/mol. The standard InChI is InChI=1S/C13H21BrN2/c1-10-5-6-11(9-12(10)14)16(4)8-7-13(2,3)15/h5-6,9H,7-8,15H2,1-4H3. The second-order valence-electron chi connectivity index (χ2n) is 5.09. The van der Waals surface area contributed by atoms with E-state index >= 15 is 0 Å². The molecule has 0 saturated heterocycles. The van der Waals surface area contributed by atoms with E-state index < -0.39 is 0 Å². The van der Waals surface area contributed by atoms with Gasteiger partial charge >= 0.3 is 0 Å². The van der Waals surface area contributed by atoms with Crippen molar-refractivity contribution in [2.45, 2.75) is 32.7 Å². The normalized spacial score (nSPS) is 11.6. The first-order chi connectivity index (χ1) is 7.29. The lowest BCUT2D eigenvalue weighted by molar-refractivity contribution is 0.479. The fraction of sp³-hybridized carbons (Fsp3) is 0.538. The Kier molecular flexibility index (Phi) is 4.39. The summed E-state index contributed by atoms with van der Waals surface area (Å²) in [4.78, 5) is 2.23. The van der Waals surface area contributed by atoms with Crippen molar-refractivity contribution >= 4 is 21.6 Å². The van der Waals surface area contributed by atoms with Gasteiger partial charge in [0.15, 0.2) is 0 Å². The quantitative estimate of drug-likeness (QED) is 0.919. The molecule has 0 aromatic heterocycles. The average molecular weight is 285 g/mol. The van der Waals surface area contributed by atoms with Gasteiger partial charge in [-0.05, 0) is 44.9 Å². The molecular formula is C13H21BrN2. The second kappa shape index (κ2) is 5.19. The van der Waals surface area contributed by atoms with E-state index in [1.165, 1.54) is 11.3 Å². The van der Waals surface area contributed by atoms with Crippen LogP contribution in [0.3, 0.4) is 0 Å². The smallest absolute Gasteiger partial charge is 0.0375 e. The highest BCUT2D eigenvalue weighted by Gasteiger charge is 2.12. The third-order valence-corrected chi connectivity index (χ3v) is 3.54. The van der Waals surface area contributed by atoms with E-state index in [2.05, 4.69) is 66.8 Å². The number of benzene rings is 1. The van der Waals surface area contributed by atoms with Crippen LogP contribution in [-0.4, -0.2) is 19.1 Å². The van der Waals surface area contributed by atoms with Crippen molar-refractivity contribution in [2.24, 2.45) is 5.73 Å². The van der Waals surface area contributed by atoms with Crippen LogP contribution in [0.1, 0.15) is 25.8 Å². The molecule has 2 N–H and O–H groups in total. The van der Waals surface area contributed by atoms with E-state index in [0.29, 0.717) is 0 Å². The number of anilines is 1. The van der Waals surface area contributed by atoms with Gasteiger partial charge < -0.3 is 10.6 Å². The first-order valence-corrected chi connectivity index (χ1v) is 6.35. The van der Waals surface area contributed by atoms with Crippen LogP contribution < -0.4 is 10.6 Å². The third kappa shape index (κ3) is 4.14. The SMILES string of the molecule is Cc1ccc(N(C)CCC(C)(C)N)cc1Br. The van der Waals surface area contributed by atoms with Crippen molar-refractivity contribution in [3.05, 3.63) is 28.2 Å². The van der Waals surface area contributed by atoms with Gasteiger partial charge in [0.25, 0.3) is 0 Å². The van der Waals surface area contributed by atoms with Gasteiger partial charge in [-0.15, -0.1) is 0 Å². The summed E-state index contributed by atoms with van der Waals surface area (Å²) in [5.74, 6) is 0. The van der Waals surface area contributed by atoms with Gasteiger partial charge in [-0.2, -0.15) is 0 Å². The molecule has 0 atom stereocenters. The number of halogens is 1. The molecule has 1 aromatic rings. The number of hydrogen-bond donors (Lipinski definition) is 1. The van der Waals surface area contributed by atoms with E-state index in [9.17, 15) is 0 Å². The van der Waals surface area contributed by atoms with E-state index in [-0.39, 0.29) is 5.54 Å². The number of nitrogens with zero attached hydrogens (tertiary/aromatic N) is 1. The summed E-state index contributed by atoms with van der Waals surface area (Å²) in [5, 5.41) is 0. The molecule has 3 heteroatoms. The minimum Gasteiger partial charge on any atom is -0.374 e. The van der Waals surface area contributed by atoms with Gasteiger partial charge in [0.05, 0.1) is 0 Å². The van der Waals surface area contributed by atoms with Gasteiger partial charge in [-0.25, -0.2) is 0 Å². The monoisotopic (exact) mass is 284 g/mol. The molecule has 1 rings (SSSR count). The van der Waals surface area contributed by atoms with Crippen molar-refractivity contribution < 1.29 is 0 Å². The second-order valence-corrected chi connectivity index (χ2v) is 5.95. The van der Waals surface area contributed by atoms with Gasteiger partial charge in [-0.1, -0.05) is 22.0 Å². The van der Waals surface area contributed by atoms with Gasteiger partial charge in [0.1, 0.15) is 0 Å². The molecule has 0 saturated carbocycles. The molecule has 90 valence electrons. The zero-order chi connectivity index (χ0) is 12.3. The predicted octanol–water partition coefficient (Wildman–Crippen LogP) is 3.32. The van der Waals surface area contributed by atoms with Crippen molar-refractivity contribution in [3.63, 3.8) is 0 Å². The van der Waals surface area contributed by atoms with E-state index in [4.69, 9.17) is 5.73 Å². The first-order valence-electron chi connectivity index (χ1n) is 5.56. The van der Waals surface area contributed by atoms with Crippen molar-refractivity contribution in [1.82, 2.24) is 0 Å². The minimum absolute atomic E-state index is 0.101. The van der Waals surface area contributed by atoms with Crippen LogP contribution in [-0.2, 0) is 0 Å². The Balaban J connectivity index is 2.66. The molecule has 0 fully saturated rings.